The maximum absolute atomic E-state index is 13.2. The predicted molar refractivity (Wildman–Crippen MR) is 127 cm³/mol. The Bertz CT molecular complexity index is 1260. The first kappa shape index (κ1) is 26.4. The Kier molecular flexibility index (Phi) is 7.98. The quantitative estimate of drug-likeness (QED) is 0.256. The zero-order valence-electron chi connectivity index (χ0n) is 20.2. The van der Waals surface area contributed by atoms with Gasteiger partial charge in [-0.05, 0) is 54.8 Å². The van der Waals surface area contributed by atoms with E-state index in [0.717, 1.165) is 23.6 Å². The van der Waals surface area contributed by atoms with Crippen LogP contribution >= 0.6 is 0 Å². The molecule has 4 rings (SSSR count). The van der Waals surface area contributed by atoms with Crippen molar-refractivity contribution in [1.29, 1.82) is 0 Å². The van der Waals surface area contributed by atoms with E-state index in [9.17, 15) is 30.0 Å². The van der Waals surface area contributed by atoms with Gasteiger partial charge in [0.25, 0.3) is 0 Å². The maximum atomic E-state index is 13.2. The number of ketones is 1. The molecule has 5 atom stereocenters. The minimum Gasteiger partial charge on any atom is -0.507 e. The monoisotopic (exact) mass is 516 g/mol. The number of benzene rings is 2. The summed E-state index contributed by atoms with van der Waals surface area (Å²) in [4.78, 5) is 24.7. The lowest BCUT2D eigenvalue weighted by atomic mass is 9.98. The predicted octanol–water partition coefficient (Wildman–Crippen LogP) is 2.23. The SMILES string of the molecule is COC(=O)O[C@H]1[C@H](O)[C@@H](O)[C@H](Oc2cc(C)cc(O)c2C(=O)CCc2ccc3occc3c2)O[C@@H]1CO. The largest absolute Gasteiger partial charge is 0.508 e. The van der Waals surface area contributed by atoms with Crippen molar-refractivity contribution in [3.8, 4) is 11.5 Å². The Hall–Kier alpha value is -3.64. The van der Waals surface area contributed by atoms with Gasteiger partial charge in [-0.15, -0.1) is 0 Å². The van der Waals surface area contributed by atoms with E-state index in [2.05, 4.69) is 4.74 Å². The number of aliphatic hydroxyl groups excluding tert-OH is 3. The van der Waals surface area contributed by atoms with Crippen LogP contribution in [0, 0.1) is 6.92 Å². The van der Waals surface area contributed by atoms with Crippen molar-refractivity contribution in [2.75, 3.05) is 13.7 Å². The average Bonchev–Trinajstić information content (AvgIpc) is 3.34. The molecule has 0 bridgehead atoms. The molecule has 1 fully saturated rings. The molecule has 3 aromatic rings. The molecule has 2 heterocycles. The van der Waals surface area contributed by atoms with Crippen LogP contribution in [-0.4, -0.2) is 76.8 Å². The van der Waals surface area contributed by atoms with Gasteiger partial charge >= 0.3 is 6.16 Å². The highest BCUT2D eigenvalue weighted by Gasteiger charge is 2.48. The zero-order valence-corrected chi connectivity index (χ0v) is 20.2. The number of furan rings is 1. The van der Waals surface area contributed by atoms with E-state index in [1.165, 1.54) is 12.1 Å². The van der Waals surface area contributed by atoms with Crippen LogP contribution in [0.5, 0.6) is 11.5 Å². The summed E-state index contributed by atoms with van der Waals surface area (Å²) in [5.74, 6) is -0.814. The van der Waals surface area contributed by atoms with Crippen molar-refractivity contribution >= 4 is 22.9 Å². The molecule has 1 aliphatic rings. The Morgan fingerprint density at radius 1 is 1.08 bits per heavy atom. The Balaban J connectivity index is 1.53. The molecule has 0 radical (unpaired) electrons. The van der Waals surface area contributed by atoms with Crippen LogP contribution in [0.1, 0.15) is 27.9 Å². The molecule has 2 aromatic carbocycles. The highest BCUT2D eigenvalue weighted by atomic mass is 16.7. The van der Waals surface area contributed by atoms with Gasteiger partial charge in [-0.3, -0.25) is 4.79 Å². The number of aromatic hydroxyl groups is 1. The number of methoxy groups -OCH3 is 1. The number of carbonyl (C=O) groups excluding carboxylic acids is 2. The van der Waals surface area contributed by atoms with Gasteiger partial charge in [0, 0.05) is 11.8 Å². The number of fused-ring (bicyclic) bond motifs is 1. The molecule has 0 spiro atoms. The lowest BCUT2D eigenvalue weighted by Gasteiger charge is -2.41. The number of aryl methyl sites for hydroxylation is 2. The molecule has 0 aliphatic carbocycles. The van der Waals surface area contributed by atoms with Crippen molar-refractivity contribution in [1.82, 2.24) is 0 Å². The number of phenols is 1. The van der Waals surface area contributed by atoms with Gasteiger partial charge < -0.3 is 43.8 Å². The molecule has 37 heavy (non-hydrogen) atoms. The second kappa shape index (κ2) is 11.2. The summed E-state index contributed by atoms with van der Waals surface area (Å²) in [6, 6.07) is 10.3. The number of Topliss-reactive ketones (excluding diaryl/α,β-unsaturated/α-hetero) is 1. The van der Waals surface area contributed by atoms with E-state index >= 15 is 0 Å². The van der Waals surface area contributed by atoms with Crippen molar-refractivity contribution < 1.29 is 53.4 Å². The van der Waals surface area contributed by atoms with Crippen LogP contribution in [0.15, 0.2) is 47.1 Å². The molecule has 0 unspecified atom stereocenters. The normalized spacial score (nSPS) is 23.5. The molecular weight excluding hydrogens is 488 g/mol. The summed E-state index contributed by atoms with van der Waals surface area (Å²) in [6.07, 6.45) is -6.83. The summed E-state index contributed by atoms with van der Waals surface area (Å²) in [7, 11) is 1.06. The molecule has 0 amide bonds. The van der Waals surface area contributed by atoms with E-state index in [4.69, 9.17) is 18.6 Å². The number of hydrogen-bond acceptors (Lipinski definition) is 11. The molecule has 11 nitrogen and oxygen atoms in total. The van der Waals surface area contributed by atoms with Crippen molar-refractivity contribution in [3.05, 3.63) is 59.4 Å². The fourth-order valence-electron chi connectivity index (χ4n) is 4.24. The number of ether oxygens (including phenoxy) is 4. The van der Waals surface area contributed by atoms with E-state index in [1.807, 2.05) is 24.3 Å². The Morgan fingerprint density at radius 2 is 1.86 bits per heavy atom. The summed E-state index contributed by atoms with van der Waals surface area (Å²) in [5, 5.41) is 42.3. The first-order valence-electron chi connectivity index (χ1n) is 11.6. The van der Waals surface area contributed by atoms with Crippen molar-refractivity contribution in [2.45, 2.75) is 50.5 Å². The topological polar surface area (TPSA) is 165 Å². The van der Waals surface area contributed by atoms with Crippen LogP contribution in [-0.2, 0) is 20.6 Å². The third kappa shape index (κ3) is 5.70. The fraction of sp³-hybridized carbons (Fsp3) is 0.385. The second-order valence-corrected chi connectivity index (χ2v) is 8.73. The third-order valence-electron chi connectivity index (χ3n) is 6.12. The number of rotatable bonds is 8. The lowest BCUT2D eigenvalue weighted by Crippen LogP contribution is -2.61. The van der Waals surface area contributed by atoms with Gasteiger partial charge in [0.15, 0.2) is 11.9 Å². The first-order valence-corrected chi connectivity index (χ1v) is 11.6. The van der Waals surface area contributed by atoms with Gasteiger partial charge in [0.1, 0.15) is 41.0 Å². The van der Waals surface area contributed by atoms with Crippen LogP contribution in [0.4, 0.5) is 4.79 Å². The fourth-order valence-corrected chi connectivity index (χ4v) is 4.24. The summed E-state index contributed by atoms with van der Waals surface area (Å²) in [5.41, 5.74) is 2.07. The Labute approximate surface area is 211 Å². The minimum absolute atomic E-state index is 0.0430. The second-order valence-electron chi connectivity index (χ2n) is 8.73. The number of hydrogen-bond donors (Lipinski definition) is 4. The Morgan fingerprint density at radius 3 is 2.59 bits per heavy atom. The van der Waals surface area contributed by atoms with Gasteiger partial charge in [-0.25, -0.2) is 4.79 Å². The third-order valence-corrected chi connectivity index (χ3v) is 6.12. The van der Waals surface area contributed by atoms with Crippen molar-refractivity contribution in [3.63, 3.8) is 0 Å². The van der Waals surface area contributed by atoms with Crippen LogP contribution in [0.3, 0.4) is 0 Å². The van der Waals surface area contributed by atoms with Crippen LogP contribution < -0.4 is 4.74 Å². The summed E-state index contributed by atoms with van der Waals surface area (Å²) < 4.78 is 25.9. The molecule has 1 aromatic heterocycles. The van der Waals surface area contributed by atoms with E-state index in [1.54, 1.807) is 13.2 Å². The highest BCUT2D eigenvalue weighted by Crippen LogP contribution is 2.34. The van der Waals surface area contributed by atoms with E-state index in [-0.39, 0.29) is 23.5 Å². The van der Waals surface area contributed by atoms with Crippen molar-refractivity contribution in [2.24, 2.45) is 0 Å². The maximum Gasteiger partial charge on any atom is 0.508 e. The molecule has 1 aliphatic heterocycles. The van der Waals surface area contributed by atoms with E-state index < -0.39 is 49.3 Å². The standard InChI is InChI=1S/C26H28O11/c1-13-9-17(29)21(16(28)5-3-14-4-6-18-15(11-14)7-8-34-18)19(10-13)35-25-23(31)22(30)24(20(12-27)36-25)37-26(32)33-2/h4,6-11,20,22-25,27,29-31H,3,5,12H2,1-2H3/t20-,22-,23-,24-,25-/m1/s1. The molecule has 11 heteroatoms. The lowest BCUT2D eigenvalue weighted by molar-refractivity contribution is -0.278. The summed E-state index contributed by atoms with van der Waals surface area (Å²) >= 11 is 0. The molecular formula is C26H28O11. The van der Waals surface area contributed by atoms with Gasteiger partial charge in [-0.2, -0.15) is 0 Å². The van der Waals surface area contributed by atoms with Gasteiger partial charge in [-0.1, -0.05) is 6.07 Å². The molecule has 198 valence electrons. The zero-order chi connectivity index (χ0) is 26.7. The first-order chi connectivity index (χ1) is 17.7. The van der Waals surface area contributed by atoms with Gasteiger partial charge in [0.2, 0.25) is 6.29 Å². The van der Waals surface area contributed by atoms with Crippen LogP contribution in [0.2, 0.25) is 0 Å². The number of carbonyl (C=O) groups is 2. The smallest absolute Gasteiger partial charge is 0.507 e. The number of phenolic OH excluding ortho intramolecular Hbond substituents is 1. The molecule has 0 saturated carbocycles. The summed E-state index contributed by atoms with van der Waals surface area (Å²) in [6.45, 7) is 0.988. The van der Waals surface area contributed by atoms with Gasteiger partial charge in [0.05, 0.1) is 20.0 Å². The molecule has 4 N–H and O–H groups in total. The minimum atomic E-state index is -1.73. The van der Waals surface area contributed by atoms with E-state index in [0.29, 0.717) is 12.0 Å². The molecule has 1 saturated heterocycles. The number of aliphatic hydroxyl groups is 3. The van der Waals surface area contributed by atoms with Crippen LogP contribution in [0.25, 0.3) is 11.0 Å². The average molecular weight is 516 g/mol. The highest BCUT2D eigenvalue weighted by molar-refractivity contribution is 6.01.